The number of benzene rings is 1. The molecule has 0 heterocycles. The first-order chi connectivity index (χ1) is 7.88. The maximum Gasteiger partial charge on any atom is 0.276 e. The molecule has 0 bridgehead atoms. The van der Waals surface area contributed by atoms with E-state index in [4.69, 9.17) is 0 Å². The molecule has 92 valence electrons. The zero-order valence-electron chi connectivity index (χ0n) is 9.11. The molecule has 1 fully saturated rings. The van der Waals surface area contributed by atoms with Crippen molar-refractivity contribution in [2.45, 2.75) is 31.3 Å². The van der Waals surface area contributed by atoms with Crippen LogP contribution >= 0.6 is 0 Å². The summed E-state index contributed by atoms with van der Waals surface area (Å²) in [4.78, 5) is 10.1. The number of nitro groups is 1. The molecule has 1 aromatic rings. The van der Waals surface area contributed by atoms with E-state index in [1.54, 1.807) is 0 Å². The first kappa shape index (κ1) is 11.9. The van der Waals surface area contributed by atoms with E-state index >= 15 is 0 Å². The van der Waals surface area contributed by atoms with Gasteiger partial charge >= 0.3 is 0 Å². The van der Waals surface area contributed by atoms with Gasteiger partial charge in [-0.3, -0.25) is 10.1 Å². The average molecular weight is 243 g/mol. The quantitative estimate of drug-likeness (QED) is 0.654. The number of aliphatic hydroxyl groups excluding tert-OH is 1. The Balaban J connectivity index is 2.60. The molecule has 1 aromatic carbocycles. The third kappa shape index (κ3) is 1.78. The van der Waals surface area contributed by atoms with Gasteiger partial charge in [0.1, 0.15) is 0 Å². The zero-order valence-corrected chi connectivity index (χ0v) is 9.11. The number of hydrogen-bond acceptors (Lipinski definition) is 3. The monoisotopic (exact) mass is 243 g/mol. The van der Waals surface area contributed by atoms with Crippen LogP contribution in [0.5, 0.6) is 0 Å². The van der Waals surface area contributed by atoms with Crippen LogP contribution in [0.2, 0.25) is 0 Å². The lowest BCUT2D eigenvalue weighted by Crippen LogP contribution is -2.24. The molecule has 1 saturated carbocycles. The maximum absolute atomic E-state index is 13.2. The van der Waals surface area contributed by atoms with Crippen molar-refractivity contribution in [3.63, 3.8) is 0 Å². The summed E-state index contributed by atoms with van der Waals surface area (Å²) in [5.74, 6) is -2.38. The topological polar surface area (TPSA) is 63.4 Å². The summed E-state index contributed by atoms with van der Waals surface area (Å²) in [6, 6.07) is 1.40. The fourth-order valence-corrected chi connectivity index (χ4v) is 2.13. The number of rotatable bonds is 3. The minimum Gasteiger partial charge on any atom is -0.392 e. The molecule has 1 atom stereocenters. The van der Waals surface area contributed by atoms with E-state index in [9.17, 15) is 24.0 Å². The molecule has 0 spiro atoms. The maximum atomic E-state index is 13.2. The molecule has 1 aliphatic rings. The van der Waals surface area contributed by atoms with Crippen LogP contribution in [0.1, 0.15) is 25.3 Å². The standard InChI is InChI=1S/C11H11F2NO3/c1-6(15)11(2-3-11)7-4-8(12)9(13)5-10(7)14(16)17/h4-6,15H,2-3H2,1H3. The van der Waals surface area contributed by atoms with Gasteiger partial charge < -0.3 is 5.11 Å². The van der Waals surface area contributed by atoms with Gasteiger partial charge in [-0.05, 0) is 25.8 Å². The van der Waals surface area contributed by atoms with E-state index in [1.807, 2.05) is 0 Å². The predicted octanol–water partition coefficient (Wildman–Crippen LogP) is 2.29. The normalized spacial score (nSPS) is 18.8. The van der Waals surface area contributed by atoms with Gasteiger partial charge in [-0.25, -0.2) is 8.78 Å². The molecule has 1 N–H and O–H groups in total. The Bertz CT molecular complexity index is 484. The Labute approximate surface area is 96.0 Å². The third-order valence-corrected chi connectivity index (χ3v) is 3.36. The fourth-order valence-electron chi connectivity index (χ4n) is 2.13. The van der Waals surface area contributed by atoms with Crippen molar-refractivity contribution in [1.82, 2.24) is 0 Å². The molecular weight excluding hydrogens is 232 g/mol. The second kappa shape index (κ2) is 3.73. The number of hydrogen-bond donors (Lipinski definition) is 1. The molecule has 6 heteroatoms. The summed E-state index contributed by atoms with van der Waals surface area (Å²) in [6.45, 7) is 1.50. The average Bonchev–Trinajstić information content (AvgIpc) is 3.02. The predicted molar refractivity (Wildman–Crippen MR) is 55.6 cm³/mol. The second-order valence-corrected chi connectivity index (χ2v) is 4.37. The molecule has 4 nitrogen and oxygen atoms in total. The smallest absolute Gasteiger partial charge is 0.276 e. The first-order valence-electron chi connectivity index (χ1n) is 5.20. The summed E-state index contributed by atoms with van der Waals surface area (Å²) in [6.07, 6.45) is 0.249. The van der Waals surface area contributed by atoms with E-state index < -0.39 is 33.8 Å². The van der Waals surface area contributed by atoms with E-state index in [1.165, 1.54) is 6.92 Å². The summed E-state index contributed by atoms with van der Waals surface area (Å²) >= 11 is 0. The lowest BCUT2D eigenvalue weighted by atomic mass is 9.89. The van der Waals surface area contributed by atoms with Gasteiger partial charge in [0.2, 0.25) is 0 Å². The molecule has 0 saturated heterocycles. The molecule has 0 amide bonds. The minimum absolute atomic E-state index is 0.0800. The molecule has 0 aliphatic heterocycles. The Morgan fingerprint density at radius 1 is 1.41 bits per heavy atom. The first-order valence-corrected chi connectivity index (χ1v) is 5.20. The molecular formula is C11H11F2NO3. The van der Waals surface area contributed by atoms with Gasteiger partial charge in [0.15, 0.2) is 11.6 Å². The summed E-state index contributed by atoms with van der Waals surface area (Å²) < 4.78 is 26.2. The molecule has 1 aliphatic carbocycles. The van der Waals surface area contributed by atoms with Crippen molar-refractivity contribution in [2.75, 3.05) is 0 Å². The van der Waals surface area contributed by atoms with Crippen LogP contribution in [-0.4, -0.2) is 16.1 Å². The highest BCUT2D eigenvalue weighted by atomic mass is 19.2. The van der Waals surface area contributed by atoms with Crippen molar-refractivity contribution in [3.8, 4) is 0 Å². The largest absolute Gasteiger partial charge is 0.392 e. The molecule has 2 rings (SSSR count). The van der Waals surface area contributed by atoms with Crippen LogP contribution in [0.3, 0.4) is 0 Å². The van der Waals surface area contributed by atoms with Crippen LogP contribution in [0.25, 0.3) is 0 Å². The SMILES string of the molecule is CC(O)C1(c2cc(F)c(F)cc2[N+](=O)[O-])CC1. The zero-order chi connectivity index (χ0) is 12.8. The van der Waals surface area contributed by atoms with Crippen molar-refractivity contribution in [3.05, 3.63) is 39.4 Å². The Morgan fingerprint density at radius 2 is 1.94 bits per heavy atom. The van der Waals surface area contributed by atoms with Crippen molar-refractivity contribution < 1.29 is 18.8 Å². The third-order valence-electron chi connectivity index (χ3n) is 3.36. The lowest BCUT2D eigenvalue weighted by molar-refractivity contribution is -0.386. The molecule has 1 unspecified atom stereocenters. The van der Waals surface area contributed by atoms with E-state index in [-0.39, 0.29) is 5.56 Å². The van der Waals surface area contributed by atoms with Crippen molar-refractivity contribution >= 4 is 5.69 Å². The van der Waals surface area contributed by atoms with Crippen LogP contribution < -0.4 is 0 Å². The van der Waals surface area contributed by atoms with Crippen LogP contribution in [0.15, 0.2) is 12.1 Å². The lowest BCUT2D eigenvalue weighted by Gasteiger charge is -2.19. The van der Waals surface area contributed by atoms with Crippen molar-refractivity contribution in [2.24, 2.45) is 0 Å². The van der Waals surface area contributed by atoms with Gasteiger partial charge in [-0.1, -0.05) is 0 Å². The van der Waals surface area contributed by atoms with Crippen LogP contribution in [0, 0.1) is 21.7 Å². The number of nitro benzene ring substituents is 1. The van der Waals surface area contributed by atoms with E-state index in [0.29, 0.717) is 18.9 Å². The molecule has 0 aromatic heterocycles. The van der Waals surface area contributed by atoms with Gasteiger partial charge in [-0.2, -0.15) is 0 Å². The van der Waals surface area contributed by atoms with Gasteiger partial charge in [0.25, 0.3) is 5.69 Å². The van der Waals surface area contributed by atoms with E-state index in [2.05, 4.69) is 0 Å². The highest BCUT2D eigenvalue weighted by Gasteiger charge is 2.52. The molecule has 17 heavy (non-hydrogen) atoms. The number of halogens is 2. The van der Waals surface area contributed by atoms with Crippen molar-refractivity contribution in [1.29, 1.82) is 0 Å². The highest BCUT2D eigenvalue weighted by molar-refractivity contribution is 5.49. The van der Waals surface area contributed by atoms with Crippen LogP contribution in [0.4, 0.5) is 14.5 Å². The van der Waals surface area contributed by atoms with Gasteiger partial charge in [0, 0.05) is 11.0 Å². The Morgan fingerprint density at radius 3 is 2.35 bits per heavy atom. The summed E-state index contributed by atoms with van der Waals surface area (Å²) in [5, 5.41) is 20.4. The summed E-state index contributed by atoms with van der Waals surface area (Å²) in [5.41, 5.74) is -1.18. The van der Waals surface area contributed by atoms with Gasteiger partial charge in [-0.15, -0.1) is 0 Å². The fraction of sp³-hybridized carbons (Fsp3) is 0.455. The Kier molecular flexibility index (Phi) is 2.61. The van der Waals surface area contributed by atoms with E-state index in [0.717, 1.165) is 6.07 Å². The molecule has 0 radical (unpaired) electrons. The van der Waals surface area contributed by atoms with Crippen LogP contribution in [-0.2, 0) is 5.41 Å². The number of aliphatic hydroxyl groups is 1. The number of nitrogens with zero attached hydrogens (tertiary/aromatic N) is 1. The summed E-state index contributed by atoms with van der Waals surface area (Å²) in [7, 11) is 0. The second-order valence-electron chi connectivity index (χ2n) is 4.37. The highest BCUT2D eigenvalue weighted by Crippen LogP contribution is 2.53. The minimum atomic E-state index is -1.25. The Hall–Kier alpha value is -1.56. The van der Waals surface area contributed by atoms with Gasteiger partial charge in [0.05, 0.1) is 17.1 Å².